The number of carbonyl (C=O) groups is 1. The third-order valence-electron chi connectivity index (χ3n) is 2.86. The first-order valence-corrected chi connectivity index (χ1v) is 9.51. The molecule has 1 amide bonds. The fourth-order valence-corrected chi connectivity index (χ4v) is 4.57. The van der Waals surface area contributed by atoms with E-state index in [9.17, 15) is 13.2 Å². The molecule has 23 heavy (non-hydrogen) atoms. The molecular weight excluding hydrogens is 474 g/mol. The summed E-state index contributed by atoms with van der Waals surface area (Å²) < 4.78 is 27.6. The summed E-state index contributed by atoms with van der Waals surface area (Å²) in [7, 11) is -4.11. The second-order valence-corrected chi connectivity index (χ2v) is 8.45. The van der Waals surface area contributed by atoms with Crippen LogP contribution < -0.4 is 10.0 Å². The lowest BCUT2D eigenvalue weighted by Crippen LogP contribution is -2.38. The van der Waals surface area contributed by atoms with Gasteiger partial charge in [-0.15, -0.1) is 0 Å². The molecule has 0 fully saturated rings. The molecule has 2 N–H and O–H groups in total. The topological polar surface area (TPSA) is 80.5 Å². The van der Waals surface area contributed by atoms with Crippen molar-refractivity contribution in [2.45, 2.75) is 4.90 Å². The van der Waals surface area contributed by atoms with Crippen molar-refractivity contribution >= 4 is 67.4 Å². The molecule has 0 atom stereocenters. The van der Waals surface area contributed by atoms with Crippen molar-refractivity contribution in [2.75, 3.05) is 10.8 Å². The largest absolute Gasteiger partial charge is 0.368 e. The molecule has 0 spiro atoms. The standard InChI is InChI=1S/C14H11Cl2IN2O3S/c15-9-4-5-12(16)13(6-9)23(21,22)19(8-14(18)20)11-3-1-2-10(17)7-11/h1-7H,8H2,(H2,18,20). The van der Waals surface area contributed by atoms with Crippen molar-refractivity contribution in [1.29, 1.82) is 0 Å². The Balaban J connectivity index is 2.62. The van der Waals surface area contributed by atoms with E-state index in [1.165, 1.54) is 18.2 Å². The molecule has 0 aliphatic carbocycles. The molecule has 122 valence electrons. The van der Waals surface area contributed by atoms with E-state index >= 15 is 0 Å². The van der Waals surface area contributed by atoms with Crippen molar-refractivity contribution in [3.05, 3.63) is 56.1 Å². The van der Waals surface area contributed by atoms with Gasteiger partial charge in [0.25, 0.3) is 10.0 Å². The van der Waals surface area contributed by atoms with E-state index in [0.29, 0.717) is 5.69 Å². The molecule has 0 radical (unpaired) electrons. The molecule has 0 aromatic heterocycles. The molecule has 0 heterocycles. The molecule has 0 aliphatic rings. The van der Waals surface area contributed by atoms with E-state index in [4.69, 9.17) is 28.9 Å². The Morgan fingerprint density at radius 1 is 1.17 bits per heavy atom. The van der Waals surface area contributed by atoms with Crippen LogP contribution >= 0.6 is 45.8 Å². The third kappa shape index (κ3) is 4.28. The number of halogens is 3. The molecule has 9 heteroatoms. The van der Waals surface area contributed by atoms with Crippen LogP contribution in [0.3, 0.4) is 0 Å². The Kier molecular flexibility index (Phi) is 5.77. The number of rotatable bonds is 5. The minimum atomic E-state index is -4.11. The first-order valence-electron chi connectivity index (χ1n) is 6.23. The number of sulfonamides is 1. The second kappa shape index (κ2) is 7.25. The summed E-state index contributed by atoms with van der Waals surface area (Å²) >= 11 is 13.9. The second-order valence-electron chi connectivity index (χ2n) is 4.53. The van der Waals surface area contributed by atoms with Gasteiger partial charge in [0.05, 0.1) is 10.7 Å². The van der Waals surface area contributed by atoms with E-state index in [2.05, 4.69) is 0 Å². The van der Waals surface area contributed by atoms with Gasteiger partial charge >= 0.3 is 0 Å². The van der Waals surface area contributed by atoms with Gasteiger partial charge in [0, 0.05) is 8.59 Å². The minimum Gasteiger partial charge on any atom is -0.368 e. The summed E-state index contributed by atoms with van der Waals surface area (Å²) in [5, 5.41) is 0.226. The Labute approximate surface area is 157 Å². The zero-order valence-corrected chi connectivity index (χ0v) is 16.0. The van der Waals surface area contributed by atoms with Crippen LogP contribution in [0.15, 0.2) is 47.4 Å². The highest BCUT2D eigenvalue weighted by Gasteiger charge is 2.29. The highest BCUT2D eigenvalue weighted by atomic mass is 127. The maximum Gasteiger partial charge on any atom is 0.266 e. The highest BCUT2D eigenvalue weighted by Crippen LogP contribution is 2.31. The number of hydrogen-bond acceptors (Lipinski definition) is 3. The first-order chi connectivity index (χ1) is 10.7. The van der Waals surface area contributed by atoms with Crippen LogP contribution in [0.25, 0.3) is 0 Å². The Morgan fingerprint density at radius 3 is 2.48 bits per heavy atom. The normalized spacial score (nSPS) is 11.3. The van der Waals surface area contributed by atoms with E-state index < -0.39 is 22.5 Å². The van der Waals surface area contributed by atoms with Gasteiger partial charge < -0.3 is 5.73 Å². The summed E-state index contributed by atoms with van der Waals surface area (Å²) in [6, 6.07) is 10.8. The molecule has 5 nitrogen and oxygen atoms in total. The van der Waals surface area contributed by atoms with Crippen LogP contribution in [-0.2, 0) is 14.8 Å². The van der Waals surface area contributed by atoms with Crippen LogP contribution in [0.4, 0.5) is 5.69 Å². The monoisotopic (exact) mass is 484 g/mol. The lowest BCUT2D eigenvalue weighted by Gasteiger charge is -2.24. The molecule has 0 aliphatic heterocycles. The lowest BCUT2D eigenvalue weighted by molar-refractivity contribution is -0.116. The van der Waals surface area contributed by atoms with E-state index in [1.807, 2.05) is 22.6 Å². The van der Waals surface area contributed by atoms with Crippen LogP contribution in [0.1, 0.15) is 0 Å². The summed E-state index contributed by atoms with van der Waals surface area (Å²) in [6.07, 6.45) is 0. The molecule has 0 saturated carbocycles. The molecular formula is C14H11Cl2IN2O3S. The van der Waals surface area contributed by atoms with E-state index in [1.54, 1.807) is 24.3 Å². The predicted octanol–water partition coefficient (Wildman–Crippen LogP) is 3.28. The number of primary amides is 1. The smallest absolute Gasteiger partial charge is 0.266 e. The number of nitrogens with two attached hydrogens (primary N) is 1. The Hall–Kier alpha value is -1.03. The van der Waals surface area contributed by atoms with Crippen LogP contribution in [0.5, 0.6) is 0 Å². The van der Waals surface area contributed by atoms with E-state index in [-0.39, 0.29) is 14.9 Å². The van der Waals surface area contributed by atoms with Crippen molar-refractivity contribution < 1.29 is 13.2 Å². The summed E-state index contributed by atoms with van der Waals surface area (Å²) in [5.74, 6) is -0.786. The quantitative estimate of drug-likeness (QED) is 0.661. The SMILES string of the molecule is NC(=O)CN(c1cccc(I)c1)S(=O)(=O)c1cc(Cl)ccc1Cl. The van der Waals surface area contributed by atoms with Gasteiger partial charge in [-0.1, -0.05) is 29.3 Å². The van der Waals surface area contributed by atoms with Gasteiger partial charge in [0.1, 0.15) is 11.4 Å². The predicted molar refractivity (Wildman–Crippen MR) is 99.3 cm³/mol. The van der Waals surface area contributed by atoms with Crippen molar-refractivity contribution in [1.82, 2.24) is 0 Å². The highest BCUT2D eigenvalue weighted by molar-refractivity contribution is 14.1. The fourth-order valence-electron chi connectivity index (χ4n) is 1.88. The van der Waals surface area contributed by atoms with Crippen molar-refractivity contribution in [3.8, 4) is 0 Å². The van der Waals surface area contributed by atoms with Gasteiger partial charge in [0.15, 0.2) is 0 Å². The van der Waals surface area contributed by atoms with Gasteiger partial charge in [0.2, 0.25) is 5.91 Å². The minimum absolute atomic E-state index is 0.00879. The maximum atomic E-state index is 12.9. The van der Waals surface area contributed by atoms with Gasteiger partial charge in [-0.05, 0) is 59.0 Å². The van der Waals surface area contributed by atoms with Gasteiger partial charge in [-0.3, -0.25) is 9.10 Å². The molecule has 0 bridgehead atoms. The molecule has 0 saturated heterocycles. The van der Waals surface area contributed by atoms with Crippen LogP contribution in [0.2, 0.25) is 10.0 Å². The zero-order valence-electron chi connectivity index (χ0n) is 11.5. The molecule has 2 aromatic carbocycles. The first kappa shape index (κ1) is 18.3. The molecule has 2 rings (SSSR count). The number of carbonyl (C=O) groups excluding carboxylic acids is 1. The average molecular weight is 485 g/mol. The summed E-state index contributed by atoms with van der Waals surface area (Å²) in [5.41, 5.74) is 5.52. The number of amides is 1. The lowest BCUT2D eigenvalue weighted by atomic mass is 10.3. The summed E-state index contributed by atoms with van der Waals surface area (Å²) in [4.78, 5) is 11.2. The molecule has 2 aromatic rings. The third-order valence-corrected chi connectivity index (χ3v) is 6.02. The fraction of sp³-hybridized carbons (Fsp3) is 0.0714. The molecule has 0 unspecified atom stereocenters. The zero-order chi connectivity index (χ0) is 17.2. The van der Waals surface area contributed by atoms with Crippen LogP contribution in [-0.4, -0.2) is 20.9 Å². The number of anilines is 1. The van der Waals surface area contributed by atoms with Crippen molar-refractivity contribution in [2.24, 2.45) is 5.73 Å². The number of hydrogen-bond donors (Lipinski definition) is 1. The average Bonchev–Trinajstić information content (AvgIpc) is 2.47. The number of benzene rings is 2. The summed E-state index contributed by atoms with van der Waals surface area (Å²) in [6.45, 7) is -0.509. The number of nitrogens with zero attached hydrogens (tertiary/aromatic N) is 1. The van der Waals surface area contributed by atoms with Crippen molar-refractivity contribution in [3.63, 3.8) is 0 Å². The van der Waals surface area contributed by atoms with Gasteiger partial charge in [-0.25, -0.2) is 8.42 Å². The van der Waals surface area contributed by atoms with E-state index in [0.717, 1.165) is 7.88 Å². The van der Waals surface area contributed by atoms with Crippen LogP contribution in [0, 0.1) is 3.57 Å². The maximum absolute atomic E-state index is 12.9. The Bertz CT molecular complexity index is 859. The van der Waals surface area contributed by atoms with Gasteiger partial charge in [-0.2, -0.15) is 0 Å². The Morgan fingerprint density at radius 2 is 1.87 bits per heavy atom.